The van der Waals surface area contributed by atoms with E-state index in [0.717, 1.165) is 0 Å². The summed E-state index contributed by atoms with van der Waals surface area (Å²) in [6.07, 6.45) is 1.93. The lowest BCUT2D eigenvalue weighted by atomic mass is 9.98. The van der Waals surface area contributed by atoms with Crippen LogP contribution >= 0.6 is 0 Å². The Hall–Kier alpha value is -1.40. The third-order valence-electron chi connectivity index (χ3n) is 2.53. The maximum Gasteiger partial charge on any atom is 0.218 e. The van der Waals surface area contributed by atoms with Crippen molar-refractivity contribution in [3.05, 3.63) is 12.4 Å². The first-order valence-corrected chi connectivity index (χ1v) is 5.05. The van der Waals surface area contributed by atoms with Gasteiger partial charge in [-0.25, -0.2) is 9.97 Å². The van der Waals surface area contributed by atoms with Crippen molar-refractivity contribution in [3.8, 4) is 5.88 Å². The molecule has 3 N–H and O–H groups in total. The number of nitrogens with one attached hydrogen (secondary N) is 1. The van der Waals surface area contributed by atoms with E-state index in [9.17, 15) is 10.2 Å². The van der Waals surface area contributed by atoms with E-state index in [1.807, 2.05) is 6.92 Å². The van der Waals surface area contributed by atoms with Crippen LogP contribution in [0.25, 0.3) is 0 Å². The van der Waals surface area contributed by atoms with Gasteiger partial charge in [-0.1, -0.05) is 6.92 Å². The Morgan fingerprint density at radius 3 is 2.56 bits per heavy atom. The molecule has 0 unspecified atom stereocenters. The van der Waals surface area contributed by atoms with E-state index in [0.29, 0.717) is 18.1 Å². The fourth-order valence-corrected chi connectivity index (χ4v) is 1.23. The summed E-state index contributed by atoms with van der Waals surface area (Å²) in [5.74, 6) is 0.940. The molecule has 1 heterocycles. The minimum absolute atomic E-state index is 0.174. The zero-order valence-corrected chi connectivity index (χ0v) is 9.47. The SMILES string of the molecule is CCC(CO)(CO)Nc1cc(OC)ncn1. The smallest absolute Gasteiger partial charge is 0.218 e. The van der Waals surface area contributed by atoms with Crippen molar-refractivity contribution < 1.29 is 14.9 Å². The summed E-state index contributed by atoms with van der Waals surface area (Å²) in [6, 6.07) is 1.61. The Morgan fingerprint density at radius 1 is 1.38 bits per heavy atom. The van der Waals surface area contributed by atoms with Gasteiger partial charge in [0.2, 0.25) is 5.88 Å². The van der Waals surface area contributed by atoms with Crippen molar-refractivity contribution in [2.75, 3.05) is 25.6 Å². The maximum absolute atomic E-state index is 9.27. The zero-order chi connectivity index (χ0) is 12.0. The lowest BCUT2D eigenvalue weighted by Gasteiger charge is -2.30. The second kappa shape index (κ2) is 5.62. The fraction of sp³-hybridized carbons (Fsp3) is 0.600. The molecular formula is C10H17N3O3. The minimum atomic E-state index is -0.765. The maximum atomic E-state index is 9.27. The first-order valence-electron chi connectivity index (χ1n) is 5.05. The molecule has 0 spiro atoms. The van der Waals surface area contributed by atoms with Crippen molar-refractivity contribution in [3.63, 3.8) is 0 Å². The Balaban J connectivity index is 2.84. The number of aliphatic hydroxyl groups is 2. The number of rotatable bonds is 6. The molecule has 0 radical (unpaired) electrons. The molecule has 0 bridgehead atoms. The molecule has 0 aliphatic carbocycles. The van der Waals surface area contributed by atoms with Gasteiger partial charge in [0.15, 0.2) is 0 Å². The Labute approximate surface area is 94.3 Å². The first kappa shape index (κ1) is 12.7. The summed E-state index contributed by atoms with van der Waals surface area (Å²) in [6.45, 7) is 1.52. The highest BCUT2D eigenvalue weighted by Gasteiger charge is 2.26. The van der Waals surface area contributed by atoms with Crippen LogP contribution in [0.15, 0.2) is 12.4 Å². The zero-order valence-electron chi connectivity index (χ0n) is 9.47. The molecule has 1 aromatic heterocycles. The molecule has 6 nitrogen and oxygen atoms in total. The van der Waals surface area contributed by atoms with Crippen LogP contribution < -0.4 is 10.1 Å². The molecule has 6 heteroatoms. The molecule has 90 valence electrons. The summed E-state index contributed by atoms with van der Waals surface area (Å²) in [7, 11) is 1.51. The standard InChI is InChI=1S/C10H17N3O3/c1-3-10(5-14,6-15)13-8-4-9(16-2)12-7-11-8/h4,7,14-15H,3,5-6H2,1-2H3,(H,11,12,13). The molecule has 0 atom stereocenters. The predicted molar refractivity (Wildman–Crippen MR) is 59.4 cm³/mol. The number of ether oxygens (including phenoxy) is 1. The van der Waals surface area contributed by atoms with Crippen LogP contribution in [-0.2, 0) is 0 Å². The van der Waals surface area contributed by atoms with Crippen LogP contribution in [0.5, 0.6) is 5.88 Å². The molecule has 0 fully saturated rings. The van der Waals surface area contributed by atoms with Crippen molar-refractivity contribution in [1.82, 2.24) is 9.97 Å². The fourth-order valence-electron chi connectivity index (χ4n) is 1.23. The van der Waals surface area contributed by atoms with Gasteiger partial charge in [-0.15, -0.1) is 0 Å². The minimum Gasteiger partial charge on any atom is -0.481 e. The summed E-state index contributed by atoms with van der Waals surface area (Å²) in [5.41, 5.74) is -0.765. The van der Waals surface area contributed by atoms with Gasteiger partial charge < -0.3 is 20.3 Å². The van der Waals surface area contributed by atoms with Crippen LogP contribution in [-0.4, -0.2) is 46.0 Å². The van der Waals surface area contributed by atoms with Gasteiger partial charge in [-0.2, -0.15) is 0 Å². The average molecular weight is 227 g/mol. The predicted octanol–water partition coefficient (Wildman–Crippen LogP) is 0.0305. The van der Waals surface area contributed by atoms with Crippen LogP contribution in [0, 0.1) is 0 Å². The molecule has 0 amide bonds. The van der Waals surface area contributed by atoms with E-state index in [1.54, 1.807) is 6.07 Å². The van der Waals surface area contributed by atoms with E-state index in [4.69, 9.17) is 4.74 Å². The van der Waals surface area contributed by atoms with Crippen LogP contribution in [0.2, 0.25) is 0 Å². The summed E-state index contributed by atoms with van der Waals surface area (Å²) >= 11 is 0. The topological polar surface area (TPSA) is 87.5 Å². The van der Waals surface area contributed by atoms with Gasteiger partial charge in [0.05, 0.1) is 25.9 Å². The molecule has 1 rings (SSSR count). The van der Waals surface area contributed by atoms with E-state index >= 15 is 0 Å². The number of hydrogen-bond acceptors (Lipinski definition) is 6. The molecule has 0 aliphatic heterocycles. The monoisotopic (exact) mass is 227 g/mol. The highest BCUT2D eigenvalue weighted by atomic mass is 16.5. The van der Waals surface area contributed by atoms with Crippen LogP contribution in [0.1, 0.15) is 13.3 Å². The van der Waals surface area contributed by atoms with Gasteiger partial charge in [-0.05, 0) is 6.42 Å². The molecule has 16 heavy (non-hydrogen) atoms. The average Bonchev–Trinajstić information content (AvgIpc) is 2.36. The van der Waals surface area contributed by atoms with E-state index < -0.39 is 5.54 Å². The Kier molecular flexibility index (Phi) is 4.45. The van der Waals surface area contributed by atoms with Gasteiger partial charge in [0.1, 0.15) is 12.1 Å². The normalized spacial score (nSPS) is 11.2. The van der Waals surface area contributed by atoms with E-state index in [2.05, 4.69) is 15.3 Å². The molecular weight excluding hydrogens is 210 g/mol. The quantitative estimate of drug-likeness (QED) is 0.635. The second-order valence-corrected chi connectivity index (χ2v) is 3.52. The Bertz CT molecular complexity index is 321. The third-order valence-corrected chi connectivity index (χ3v) is 2.53. The number of nitrogens with zero attached hydrogens (tertiary/aromatic N) is 2. The summed E-state index contributed by atoms with van der Waals surface area (Å²) in [5, 5.41) is 21.5. The first-order chi connectivity index (χ1) is 7.69. The Morgan fingerprint density at radius 2 is 2.06 bits per heavy atom. The largest absolute Gasteiger partial charge is 0.481 e. The molecule has 0 saturated carbocycles. The molecule has 1 aromatic rings. The number of aliphatic hydroxyl groups excluding tert-OH is 2. The summed E-state index contributed by atoms with van der Waals surface area (Å²) in [4.78, 5) is 7.86. The number of hydrogen-bond donors (Lipinski definition) is 3. The highest BCUT2D eigenvalue weighted by molar-refractivity contribution is 5.40. The van der Waals surface area contributed by atoms with Crippen LogP contribution in [0.3, 0.4) is 0 Å². The van der Waals surface area contributed by atoms with Gasteiger partial charge >= 0.3 is 0 Å². The number of anilines is 1. The number of aromatic nitrogens is 2. The van der Waals surface area contributed by atoms with Gasteiger partial charge in [0.25, 0.3) is 0 Å². The highest BCUT2D eigenvalue weighted by Crippen LogP contribution is 2.18. The second-order valence-electron chi connectivity index (χ2n) is 3.52. The van der Waals surface area contributed by atoms with E-state index in [-0.39, 0.29) is 13.2 Å². The van der Waals surface area contributed by atoms with Gasteiger partial charge in [-0.3, -0.25) is 0 Å². The summed E-state index contributed by atoms with van der Waals surface area (Å²) < 4.78 is 4.95. The lowest BCUT2D eigenvalue weighted by Crippen LogP contribution is -2.45. The molecule has 0 aliphatic rings. The van der Waals surface area contributed by atoms with Crippen molar-refractivity contribution >= 4 is 5.82 Å². The van der Waals surface area contributed by atoms with Crippen molar-refractivity contribution in [1.29, 1.82) is 0 Å². The van der Waals surface area contributed by atoms with Crippen molar-refractivity contribution in [2.45, 2.75) is 18.9 Å². The van der Waals surface area contributed by atoms with Crippen LogP contribution in [0.4, 0.5) is 5.82 Å². The third kappa shape index (κ3) is 2.80. The van der Waals surface area contributed by atoms with Gasteiger partial charge in [0, 0.05) is 6.07 Å². The molecule has 0 aromatic carbocycles. The molecule has 0 saturated heterocycles. The van der Waals surface area contributed by atoms with E-state index in [1.165, 1.54) is 13.4 Å². The number of methoxy groups -OCH3 is 1. The van der Waals surface area contributed by atoms with Crippen molar-refractivity contribution in [2.24, 2.45) is 0 Å². The lowest BCUT2D eigenvalue weighted by molar-refractivity contribution is 0.132.